The van der Waals surface area contributed by atoms with Crippen molar-refractivity contribution in [2.75, 3.05) is 11.9 Å². The molecule has 0 aliphatic carbocycles. The van der Waals surface area contributed by atoms with Crippen LogP contribution in [-0.2, 0) is 18.7 Å². The SMILES string of the molecule is CC[C@]12CO[C@@H](C1O[Si](C)(C)C(C)(C)C)[C@H](n1cnc3c(=O)[nH]c(NC(=O)C(C)C)nc31)O2. The lowest BCUT2D eigenvalue weighted by molar-refractivity contribution is -0.173. The number of imidazole rings is 1. The largest absolute Gasteiger partial charge is 0.408 e. The molecule has 2 saturated heterocycles. The van der Waals surface area contributed by atoms with Crippen LogP contribution >= 0.6 is 0 Å². The Morgan fingerprint density at radius 2 is 2.12 bits per heavy atom. The standard InChI is InChI=1S/C22H35N5O5Si/c1-9-22-10-30-14(15(22)32-33(7,8)21(4,5)6)19(31-22)27-11-23-13-16(27)24-20(26-18(13)29)25-17(28)12(2)3/h11-12,14-15,19H,9-10H2,1-8H3,(H2,24,25,26,28,29)/t14-,15?,19+,22-/m0/s1. The number of ether oxygens (including phenoxy) is 2. The van der Waals surface area contributed by atoms with Crippen molar-refractivity contribution in [3.8, 4) is 0 Å². The number of carbonyl (C=O) groups is 1. The van der Waals surface area contributed by atoms with E-state index in [2.05, 4.69) is 61.1 Å². The van der Waals surface area contributed by atoms with E-state index in [9.17, 15) is 9.59 Å². The Morgan fingerprint density at radius 1 is 1.42 bits per heavy atom. The Bertz CT molecular complexity index is 1120. The summed E-state index contributed by atoms with van der Waals surface area (Å²) in [5, 5.41) is 2.69. The summed E-state index contributed by atoms with van der Waals surface area (Å²) < 4.78 is 21.3. The number of fused-ring (bicyclic) bond motifs is 3. The molecule has 2 bridgehead atoms. The van der Waals surface area contributed by atoms with Gasteiger partial charge in [0.25, 0.3) is 5.56 Å². The molecule has 10 nitrogen and oxygen atoms in total. The van der Waals surface area contributed by atoms with Gasteiger partial charge in [-0.1, -0.05) is 41.5 Å². The lowest BCUT2D eigenvalue weighted by Gasteiger charge is -2.40. The molecule has 11 heteroatoms. The van der Waals surface area contributed by atoms with Crippen LogP contribution in [-0.4, -0.2) is 58.2 Å². The average molecular weight is 478 g/mol. The number of amides is 1. The number of anilines is 1. The summed E-state index contributed by atoms with van der Waals surface area (Å²) in [5.74, 6) is -0.414. The molecule has 2 aromatic rings. The van der Waals surface area contributed by atoms with Gasteiger partial charge in [0.1, 0.15) is 17.8 Å². The van der Waals surface area contributed by atoms with E-state index in [-0.39, 0.29) is 40.5 Å². The van der Waals surface area contributed by atoms with E-state index in [0.717, 1.165) is 6.42 Å². The Labute approximate surface area is 194 Å². The van der Waals surface area contributed by atoms with Crippen molar-refractivity contribution in [2.45, 2.75) is 90.1 Å². The summed E-state index contributed by atoms with van der Waals surface area (Å²) >= 11 is 0. The lowest BCUT2D eigenvalue weighted by atomic mass is 9.96. The fourth-order valence-corrected chi connectivity index (χ4v) is 5.39. The van der Waals surface area contributed by atoms with Crippen molar-refractivity contribution in [1.82, 2.24) is 19.5 Å². The summed E-state index contributed by atoms with van der Waals surface area (Å²) in [7, 11) is -2.10. The first-order chi connectivity index (χ1) is 15.3. The summed E-state index contributed by atoms with van der Waals surface area (Å²) in [6, 6.07) is 0. The molecule has 2 aliphatic heterocycles. The first kappa shape index (κ1) is 24.1. The van der Waals surface area contributed by atoms with E-state index in [4.69, 9.17) is 13.9 Å². The molecule has 4 heterocycles. The Morgan fingerprint density at radius 3 is 2.73 bits per heavy atom. The van der Waals surface area contributed by atoms with Gasteiger partial charge < -0.3 is 13.9 Å². The van der Waals surface area contributed by atoms with Gasteiger partial charge in [-0.2, -0.15) is 4.98 Å². The van der Waals surface area contributed by atoms with Gasteiger partial charge in [0.2, 0.25) is 11.9 Å². The molecule has 0 aromatic carbocycles. The lowest BCUT2D eigenvalue weighted by Crippen LogP contribution is -2.51. The third-order valence-electron chi connectivity index (χ3n) is 7.27. The van der Waals surface area contributed by atoms with E-state index in [1.54, 1.807) is 24.7 Å². The molecule has 2 N–H and O–H groups in total. The van der Waals surface area contributed by atoms with Gasteiger partial charge in [-0.05, 0) is 24.6 Å². The first-order valence-electron chi connectivity index (χ1n) is 11.5. The summed E-state index contributed by atoms with van der Waals surface area (Å²) in [6.45, 7) is 17.1. The van der Waals surface area contributed by atoms with Crippen molar-refractivity contribution in [3.05, 3.63) is 16.7 Å². The number of nitrogens with one attached hydrogen (secondary N) is 2. The summed E-state index contributed by atoms with van der Waals surface area (Å²) in [4.78, 5) is 36.1. The van der Waals surface area contributed by atoms with Crippen LogP contribution in [0.15, 0.2) is 11.1 Å². The molecule has 0 radical (unpaired) electrons. The summed E-state index contributed by atoms with van der Waals surface area (Å²) in [5.41, 5.74) is -0.495. The van der Waals surface area contributed by atoms with Gasteiger partial charge in [-0.25, -0.2) is 4.98 Å². The third-order valence-corrected chi connectivity index (χ3v) is 11.7. The van der Waals surface area contributed by atoms with Gasteiger partial charge >= 0.3 is 0 Å². The molecule has 0 spiro atoms. The molecule has 182 valence electrons. The Kier molecular flexibility index (Phi) is 5.83. The van der Waals surface area contributed by atoms with Crippen LogP contribution in [0.2, 0.25) is 18.1 Å². The zero-order valence-corrected chi connectivity index (χ0v) is 21.7. The van der Waals surface area contributed by atoms with E-state index < -0.39 is 25.7 Å². The Hall–Kier alpha value is -2.08. The van der Waals surface area contributed by atoms with Crippen LogP contribution in [0.5, 0.6) is 0 Å². The number of nitrogens with zero attached hydrogens (tertiary/aromatic N) is 3. The van der Waals surface area contributed by atoms with Gasteiger partial charge in [0.15, 0.2) is 25.7 Å². The second kappa shape index (κ2) is 8.00. The van der Waals surface area contributed by atoms with Crippen molar-refractivity contribution >= 4 is 31.3 Å². The maximum absolute atomic E-state index is 12.6. The quantitative estimate of drug-likeness (QED) is 0.613. The fourth-order valence-electron chi connectivity index (χ4n) is 4.05. The number of rotatable bonds is 6. The maximum Gasteiger partial charge on any atom is 0.280 e. The number of carbonyl (C=O) groups excluding carboxylic acids is 1. The topological polar surface area (TPSA) is 120 Å². The third kappa shape index (κ3) is 3.94. The molecular formula is C22H35N5O5Si. The van der Waals surface area contributed by atoms with E-state index in [0.29, 0.717) is 12.3 Å². The van der Waals surface area contributed by atoms with Crippen LogP contribution in [0.25, 0.3) is 11.2 Å². The van der Waals surface area contributed by atoms with Crippen molar-refractivity contribution in [2.24, 2.45) is 5.92 Å². The molecule has 0 saturated carbocycles. The van der Waals surface area contributed by atoms with Crippen LogP contribution in [0, 0.1) is 5.92 Å². The molecule has 2 aromatic heterocycles. The van der Waals surface area contributed by atoms with Crippen LogP contribution < -0.4 is 10.9 Å². The minimum atomic E-state index is -2.10. The number of aromatic amines is 1. The number of H-pyrrole nitrogens is 1. The zero-order valence-electron chi connectivity index (χ0n) is 20.7. The highest BCUT2D eigenvalue weighted by molar-refractivity contribution is 6.74. The van der Waals surface area contributed by atoms with Gasteiger partial charge in [-0.3, -0.25) is 24.5 Å². The van der Waals surface area contributed by atoms with Crippen LogP contribution in [0.1, 0.15) is 54.2 Å². The normalized spacial score (nSPS) is 27.6. The predicted octanol–water partition coefficient (Wildman–Crippen LogP) is 3.18. The van der Waals surface area contributed by atoms with Crippen molar-refractivity contribution < 1.29 is 18.7 Å². The number of hydrogen-bond donors (Lipinski definition) is 2. The minimum Gasteiger partial charge on any atom is -0.408 e. The molecular weight excluding hydrogens is 442 g/mol. The number of hydrogen-bond acceptors (Lipinski definition) is 7. The van der Waals surface area contributed by atoms with Crippen LogP contribution in [0.4, 0.5) is 5.95 Å². The zero-order chi connectivity index (χ0) is 24.3. The minimum absolute atomic E-state index is 0.0412. The fraction of sp³-hybridized carbons (Fsp3) is 0.727. The molecule has 1 amide bonds. The highest BCUT2D eigenvalue weighted by Crippen LogP contribution is 2.51. The first-order valence-corrected chi connectivity index (χ1v) is 14.5. The highest BCUT2D eigenvalue weighted by Gasteiger charge is 2.63. The van der Waals surface area contributed by atoms with E-state index in [1.165, 1.54) is 0 Å². The Balaban J connectivity index is 1.71. The molecule has 4 rings (SSSR count). The van der Waals surface area contributed by atoms with Gasteiger partial charge in [-0.15, -0.1) is 0 Å². The molecule has 33 heavy (non-hydrogen) atoms. The second-order valence-corrected chi connectivity index (χ2v) is 15.6. The monoisotopic (exact) mass is 477 g/mol. The summed E-state index contributed by atoms with van der Waals surface area (Å²) in [6.07, 6.45) is 1.15. The van der Waals surface area contributed by atoms with E-state index >= 15 is 0 Å². The van der Waals surface area contributed by atoms with Crippen molar-refractivity contribution in [3.63, 3.8) is 0 Å². The van der Waals surface area contributed by atoms with Crippen LogP contribution in [0.3, 0.4) is 0 Å². The maximum atomic E-state index is 12.6. The highest BCUT2D eigenvalue weighted by atomic mass is 28.4. The van der Waals surface area contributed by atoms with E-state index in [1.807, 2.05) is 0 Å². The number of aromatic nitrogens is 4. The average Bonchev–Trinajstić information content (AvgIpc) is 3.37. The smallest absolute Gasteiger partial charge is 0.280 e. The van der Waals surface area contributed by atoms with Gasteiger partial charge in [0, 0.05) is 5.92 Å². The predicted molar refractivity (Wildman–Crippen MR) is 127 cm³/mol. The second-order valence-electron chi connectivity index (χ2n) is 10.9. The molecule has 1 unspecified atom stereocenters. The molecule has 2 aliphatic rings. The van der Waals surface area contributed by atoms with Crippen molar-refractivity contribution in [1.29, 1.82) is 0 Å². The molecule has 4 atom stereocenters. The van der Waals surface area contributed by atoms with Gasteiger partial charge in [0.05, 0.1) is 12.9 Å². The molecule has 2 fully saturated rings.